The number of nitrogens with one attached hydrogen (secondary N) is 1. The first-order valence-corrected chi connectivity index (χ1v) is 7.19. The van der Waals surface area contributed by atoms with Gasteiger partial charge in [-0.05, 0) is 29.8 Å². The molecule has 0 aliphatic carbocycles. The highest BCUT2D eigenvalue weighted by atomic mass is 16.6. The fraction of sp³-hybridized carbons (Fsp3) is 0.0667. The normalized spacial score (nSPS) is 10.4. The van der Waals surface area contributed by atoms with Crippen LogP contribution in [0, 0.1) is 20.2 Å². The number of benzene rings is 2. The first-order chi connectivity index (χ1) is 12.8. The lowest BCUT2D eigenvalue weighted by Gasteiger charge is -2.11. The summed E-state index contributed by atoms with van der Waals surface area (Å²) in [5.41, 5.74) is 6.43. The maximum absolute atomic E-state index is 11.2. The Kier molecular flexibility index (Phi) is 5.83. The second-order valence-electron chi connectivity index (χ2n) is 4.91. The molecule has 0 saturated carbocycles. The molecule has 3 N–H and O–H groups in total. The first-order valence-electron chi connectivity index (χ1n) is 7.19. The maximum atomic E-state index is 11.2. The lowest BCUT2D eigenvalue weighted by molar-refractivity contribution is -0.394. The zero-order valence-electron chi connectivity index (χ0n) is 13.8. The average Bonchev–Trinajstić information content (AvgIpc) is 2.62. The summed E-state index contributed by atoms with van der Waals surface area (Å²) in [6.45, 7) is 0. The van der Waals surface area contributed by atoms with Gasteiger partial charge in [0.2, 0.25) is 5.75 Å². The monoisotopic (exact) mass is 375 g/mol. The van der Waals surface area contributed by atoms with Gasteiger partial charge in [0.1, 0.15) is 0 Å². The second-order valence-corrected chi connectivity index (χ2v) is 4.91. The van der Waals surface area contributed by atoms with Gasteiger partial charge in [-0.25, -0.2) is 10.2 Å². The Balaban J connectivity index is 2.34. The van der Waals surface area contributed by atoms with Crippen molar-refractivity contribution in [2.45, 2.75) is 0 Å². The van der Waals surface area contributed by atoms with E-state index in [0.717, 1.165) is 18.2 Å². The Morgan fingerprint density at radius 3 is 2.41 bits per heavy atom. The van der Waals surface area contributed by atoms with Gasteiger partial charge in [-0.15, -0.1) is 0 Å². The van der Waals surface area contributed by atoms with Crippen LogP contribution in [0.5, 0.6) is 17.2 Å². The first kappa shape index (κ1) is 19.1. The van der Waals surface area contributed by atoms with E-state index >= 15 is 0 Å². The molecule has 0 spiro atoms. The minimum Gasteiger partial charge on any atom is -0.493 e. The number of rotatable bonds is 7. The average molecular weight is 375 g/mol. The topological polar surface area (TPSA) is 172 Å². The van der Waals surface area contributed by atoms with Gasteiger partial charge < -0.3 is 15.2 Å². The summed E-state index contributed by atoms with van der Waals surface area (Å²) in [6, 6.07) is 6.69. The molecule has 2 amide bonds. The quantitative estimate of drug-likeness (QED) is 0.424. The molecule has 0 radical (unpaired) electrons. The molecule has 0 aromatic heterocycles. The Labute approximate surface area is 151 Å². The molecular weight excluding hydrogens is 362 g/mol. The fourth-order valence-corrected chi connectivity index (χ4v) is 1.99. The number of hydrazone groups is 1. The number of ether oxygens (including phenoxy) is 2. The van der Waals surface area contributed by atoms with Gasteiger partial charge in [0.05, 0.1) is 29.2 Å². The van der Waals surface area contributed by atoms with E-state index < -0.39 is 27.3 Å². The van der Waals surface area contributed by atoms with Crippen LogP contribution in [0.15, 0.2) is 41.5 Å². The summed E-state index contributed by atoms with van der Waals surface area (Å²) >= 11 is 0. The number of nitro benzene ring substituents is 2. The standard InChI is InChI=1S/C15H13N5O7/c1-26-14-6-9(8-17-18-15(16)21)2-4-13(14)27-12-5-3-10(19(22)23)7-11(12)20(24)25/h2-8H,1H3,(H3,16,18,21)/b17-8+. The summed E-state index contributed by atoms with van der Waals surface area (Å²) in [5.74, 6) is 0.154. The van der Waals surface area contributed by atoms with Crippen LogP contribution in [0.2, 0.25) is 0 Å². The molecule has 0 fully saturated rings. The molecule has 0 atom stereocenters. The Bertz CT molecular complexity index is 929. The van der Waals surface area contributed by atoms with Crippen molar-refractivity contribution >= 4 is 23.6 Å². The van der Waals surface area contributed by atoms with Crippen LogP contribution >= 0.6 is 0 Å². The number of hydrogen-bond donors (Lipinski definition) is 2. The van der Waals surface area contributed by atoms with Crippen LogP contribution < -0.4 is 20.6 Å². The van der Waals surface area contributed by atoms with E-state index in [1.54, 1.807) is 6.07 Å². The van der Waals surface area contributed by atoms with Gasteiger partial charge in [0.25, 0.3) is 5.69 Å². The Morgan fingerprint density at radius 2 is 1.81 bits per heavy atom. The van der Waals surface area contributed by atoms with Crippen LogP contribution in [0.3, 0.4) is 0 Å². The number of nitrogens with zero attached hydrogens (tertiary/aromatic N) is 3. The molecular formula is C15H13N5O7. The van der Waals surface area contributed by atoms with Crippen molar-refractivity contribution in [2.75, 3.05) is 7.11 Å². The van der Waals surface area contributed by atoms with E-state index in [2.05, 4.69) is 5.10 Å². The predicted molar refractivity (Wildman–Crippen MR) is 93.1 cm³/mol. The van der Waals surface area contributed by atoms with E-state index in [1.807, 2.05) is 5.43 Å². The third kappa shape index (κ3) is 4.88. The number of urea groups is 1. The smallest absolute Gasteiger partial charge is 0.332 e. The number of carbonyl (C=O) groups excluding carboxylic acids is 1. The largest absolute Gasteiger partial charge is 0.493 e. The summed E-state index contributed by atoms with van der Waals surface area (Å²) in [4.78, 5) is 31.0. The summed E-state index contributed by atoms with van der Waals surface area (Å²) in [5, 5.41) is 25.6. The van der Waals surface area contributed by atoms with Crippen LogP contribution in [0.4, 0.5) is 16.2 Å². The molecule has 0 unspecified atom stereocenters. The van der Waals surface area contributed by atoms with Crippen LogP contribution in [-0.4, -0.2) is 29.2 Å². The Morgan fingerprint density at radius 1 is 1.11 bits per heavy atom. The predicted octanol–water partition coefficient (Wildman–Crippen LogP) is 2.31. The van der Waals surface area contributed by atoms with Crippen molar-refractivity contribution < 1.29 is 24.1 Å². The van der Waals surface area contributed by atoms with Crippen LogP contribution in [0.1, 0.15) is 5.56 Å². The molecule has 2 aromatic rings. The molecule has 2 aromatic carbocycles. The van der Waals surface area contributed by atoms with Crippen molar-refractivity contribution in [3.8, 4) is 17.2 Å². The van der Waals surface area contributed by atoms with Crippen molar-refractivity contribution in [3.63, 3.8) is 0 Å². The summed E-state index contributed by atoms with van der Waals surface area (Å²) < 4.78 is 10.7. The zero-order valence-corrected chi connectivity index (χ0v) is 13.8. The van der Waals surface area contributed by atoms with Gasteiger partial charge in [0.15, 0.2) is 11.5 Å². The minimum atomic E-state index is -0.830. The number of carbonyl (C=O) groups is 1. The van der Waals surface area contributed by atoms with E-state index in [9.17, 15) is 25.0 Å². The van der Waals surface area contributed by atoms with Gasteiger partial charge in [-0.3, -0.25) is 20.2 Å². The number of methoxy groups -OCH3 is 1. The second kappa shape index (κ2) is 8.24. The van der Waals surface area contributed by atoms with Crippen molar-refractivity contribution in [1.82, 2.24) is 5.43 Å². The molecule has 0 bridgehead atoms. The van der Waals surface area contributed by atoms with Gasteiger partial charge in [-0.2, -0.15) is 5.10 Å². The SMILES string of the molecule is COc1cc(/C=N/NC(N)=O)ccc1Oc1ccc([N+](=O)[O-])cc1[N+](=O)[O-]. The minimum absolute atomic E-state index is 0.134. The maximum Gasteiger partial charge on any atom is 0.332 e. The number of primary amides is 1. The number of amides is 2. The van der Waals surface area contributed by atoms with Gasteiger partial charge in [0, 0.05) is 6.07 Å². The highest BCUT2D eigenvalue weighted by Crippen LogP contribution is 2.38. The molecule has 0 saturated heterocycles. The molecule has 140 valence electrons. The van der Waals surface area contributed by atoms with E-state index in [0.29, 0.717) is 5.56 Å². The number of nitro groups is 2. The molecule has 27 heavy (non-hydrogen) atoms. The molecule has 12 nitrogen and oxygen atoms in total. The van der Waals surface area contributed by atoms with Crippen molar-refractivity contribution in [3.05, 3.63) is 62.2 Å². The summed E-state index contributed by atoms with van der Waals surface area (Å²) in [6.07, 6.45) is 1.30. The van der Waals surface area contributed by atoms with Crippen LogP contribution in [-0.2, 0) is 0 Å². The highest BCUT2D eigenvalue weighted by molar-refractivity contribution is 5.82. The van der Waals surface area contributed by atoms with E-state index in [1.165, 1.54) is 25.5 Å². The number of nitrogens with two attached hydrogens (primary N) is 1. The third-order valence-corrected chi connectivity index (χ3v) is 3.15. The highest BCUT2D eigenvalue weighted by Gasteiger charge is 2.22. The third-order valence-electron chi connectivity index (χ3n) is 3.15. The van der Waals surface area contributed by atoms with Gasteiger partial charge >= 0.3 is 11.7 Å². The summed E-state index contributed by atoms with van der Waals surface area (Å²) in [7, 11) is 1.36. The van der Waals surface area contributed by atoms with Crippen LogP contribution in [0.25, 0.3) is 0 Å². The Hall–Kier alpha value is -4.22. The van der Waals surface area contributed by atoms with E-state index in [-0.39, 0.29) is 17.2 Å². The fourth-order valence-electron chi connectivity index (χ4n) is 1.99. The van der Waals surface area contributed by atoms with E-state index in [4.69, 9.17) is 15.2 Å². The molecule has 0 aliphatic heterocycles. The van der Waals surface area contributed by atoms with Crippen molar-refractivity contribution in [1.29, 1.82) is 0 Å². The molecule has 0 aliphatic rings. The lowest BCUT2D eigenvalue weighted by Crippen LogP contribution is -2.24. The molecule has 0 heterocycles. The molecule has 12 heteroatoms. The zero-order chi connectivity index (χ0) is 20.0. The lowest BCUT2D eigenvalue weighted by atomic mass is 10.2. The molecule has 2 rings (SSSR count). The van der Waals surface area contributed by atoms with Gasteiger partial charge in [-0.1, -0.05) is 0 Å². The number of hydrogen-bond acceptors (Lipinski definition) is 8. The number of non-ortho nitro benzene ring substituents is 1. The van der Waals surface area contributed by atoms with Crippen molar-refractivity contribution in [2.24, 2.45) is 10.8 Å².